The maximum Gasteiger partial charge on any atom is 0.185 e. The molecular weight excluding hydrogens is 541 g/mol. The van der Waals surface area contributed by atoms with Crippen LogP contribution in [0.4, 0.5) is 5.69 Å². The summed E-state index contributed by atoms with van der Waals surface area (Å²) >= 11 is 12.6. The first-order valence-corrected chi connectivity index (χ1v) is 13.9. The van der Waals surface area contributed by atoms with Crippen LogP contribution < -0.4 is 4.90 Å². The van der Waals surface area contributed by atoms with Crippen LogP contribution in [-0.2, 0) is 0 Å². The molecule has 1 spiro atoms. The molecule has 3 atom stereocenters. The highest BCUT2D eigenvalue weighted by molar-refractivity contribution is 6.33. The summed E-state index contributed by atoms with van der Waals surface area (Å²) < 4.78 is 0. The third kappa shape index (κ3) is 3.36. The van der Waals surface area contributed by atoms with Gasteiger partial charge < -0.3 is 4.90 Å². The number of halogens is 2. The van der Waals surface area contributed by atoms with E-state index in [4.69, 9.17) is 23.2 Å². The van der Waals surface area contributed by atoms with E-state index in [2.05, 4.69) is 0 Å². The predicted octanol–water partition coefficient (Wildman–Crippen LogP) is 7.62. The number of rotatable bonds is 3. The lowest BCUT2D eigenvalue weighted by Gasteiger charge is -2.37. The summed E-state index contributed by atoms with van der Waals surface area (Å²) in [5.74, 6) is -1.45. The summed E-state index contributed by atoms with van der Waals surface area (Å²) in [6.45, 7) is 1.97. The van der Waals surface area contributed by atoms with Gasteiger partial charge in [-0.15, -0.1) is 0 Å². The Labute approximate surface area is 241 Å². The van der Waals surface area contributed by atoms with Crippen molar-refractivity contribution < 1.29 is 14.4 Å². The molecule has 0 amide bonds. The van der Waals surface area contributed by atoms with E-state index in [0.717, 1.165) is 16.8 Å². The maximum atomic E-state index is 14.6. The molecule has 40 heavy (non-hydrogen) atoms. The van der Waals surface area contributed by atoms with Crippen LogP contribution in [-0.4, -0.2) is 29.4 Å². The SMILES string of the molecule is Cc1ccc(C(=O)[C@H]2[C@@H](c3ccc(Cl)cc3)C3(C(=O)c4ccccc4C3=O)[C@H]3C=Cc4cc(Cl)ccc4N23)cc1. The average molecular weight is 564 g/mol. The number of hydrogen-bond acceptors (Lipinski definition) is 4. The quantitative estimate of drug-likeness (QED) is 0.190. The zero-order chi connectivity index (χ0) is 27.8. The molecule has 0 unspecified atom stereocenters. The molecule has 2 heterocycles. The number of benzene rings is 4. The van der Waals surface area contributed by atoms with Gasteiger partial charge in [0.2, 0.25) is 0 Å². The van der Waals surface area contributed by atoms with Crippen molar-refractivity contribution in [2.75, 3.05) is 4.90 Å². The summed E-state index contributed by atoms with van der Waals surface area (Å²) in [5, 5.41) is 1.09. The minimum atomic E-state index is -1.55. The molecule has 0 N–H and O–H groups in total. The van der Waals surface area contributed by atoms with Crippen LogP contribution in [0.5, 0.6) is 0 Å². The zero-order valence-electron chi connectivity index (χ0n) is 21.5. The van der Waals surface area contributed by atoms with Gasteiger partial charge in [-0.1, -0.05) is 102 Å². The first kappa shape index (κ1) is 25.0. The normalized spacial score (nSPS) is 21.9. The Morgan fingerprint density at radius 1 is 0.800 bits per heavy atom. The number of nitrogens with zero attached hydrogens (tertiary/aromatic N) is 1. The molecule has 4 aromatic carbocycles. The summed E-state index contributed by atoms with van der Waals surface area (Å²) in [6.07, 6.45) is 3.80. The largest absolute Gasteiger partial charge is 0.352 e. The van der Waals surface area contributed by atoms with Crippen molar-refractivity contribution in [2.24, 2.45) is 5.41 Å². The molecule has 1 aliphatic carbocycles. The van der Waals surface area contributed by atoms with Gasteiger partial charge in [0.15, 0.2) is 17.3 Å². The summed E-state index contributed by atoms with van der Waals surface area (Å²) in [6, 6.07) is 25.5. The molecular formula is C34H23Cl2NO3. The lowest BCUT2D eigenvalue weighted by Crippen LogP contribution is -2.48. The van der Waals surface area contributed by atoms with Crippen LogP contribution in [0.15, 0.2) is 97.1 Å². The standard InChI is InChI=1S/C34H23Cl2NO3/c1-19-6-8-21(9-7-19)31(38)30-29(20-10-13-23(35)14-11-20)34(32(39)25-4-2-3-5-26(25)33(34)40)28-17-12-22-18-24(36)15-16-27(22)37(28)30/h2-18,28-30H,1H3/t28-,29-,30-/m1/s1. The lowest BCUT2D eigenvalue weighted by molar-refractivity contribution is 0.0666. The Morgan fingerprint density at radius 2 is 1.43 bits per heavy atom. The number of Topliss-reactive ketones (excluding diaryl/α,β-unsaturated/α-hetero) is 3. The molecule has 2 aliphatic heterocycles. The van der Waals surface area contributed by atoms with E-state index in [1.807, 2.05) is 72.5 Å². The second-order valence-electron chi connectivity index (χ2n) is 10.7. The molecule has 4 nitrogen and oxygen atoms in total. The van der Waals surface area contributed by atoms with Gasteiger partial charge in [-0.3, -0.25) is 14.4 Å². The molecule has 0 radical (unpaired) electrons. The molecule has 6 heteroatoms. The monoisotopic (exact) mass is 563 g/mol. The molecule has 0 saturated carbocycles. The van der Waals surface area contributed by atoms with Crippen LogP contribution in [0.1, 0.15) is 53.7 Å². The van der Waals surface area contributed by atoms with Crippen molar-refractivity contribution in [1.82, 2.24) is 0 Å². The van der Waals surface area contributed by atoms with Gasteiger partial charge in [-0.25, -0.2) is 0 Å². The smallest absolute Gasteiger partial charge is 0.185 e. The minimum absolute atomic E-state index is 0.158. The Bertz CT molecular complexity index is 1720. The van der Waals surface area contributed by atoms with Crippen LogP contribution in [0.3, 0.4) is 0 Å². The van der Waals surface area contributed by atoms with Gasteiger partial charge in [-0.05, 0) is 48.4 Å². The van der Waals surface area contributed by atoms with Gasteiger partial charge in [0.05, 0.1) is 6.04 Å². The maximum absolute atomic E-state index is 14.6. The van der Waals surface area contributed by atoms with Crippen molar-refractivity contribution in [3.8, 4) is 0 Å². The number of ketones is 3. The van der Waals surface area contributed by atoms with Crippen LogP contribution in [0.25, 0.3) is 6.08 Å². The van der Waals surface area contributed by atoms with E-state index in [-0.39, 0.29) is 17.3 Å². The van der Waals surface area contributed by atoms with E-state index in [1.165, 1.54) is 0 Å². The van der Waals surface area contributed by atoms with E-state index in [9.17, 15) is 14.4 Å². The molecule has 196 valence electrons. The second kappa shape index (κ2) is 9.02. The number of carbonyl (C=O) groups is 3. The Balaban J connectivity index is 1.54. The topological polar surface area (TPSA) is 54.5 Å². The van der Waals surface area contributed by atoms with Gasteiger partial charge >= 0.3 is 0 Å². The fourth-order valence-corrected chi connectivity index (χ4v) is 7.19. The lowest BCUT2D eigenvalue weighted by atomic mass is 9.64. The van der Waals surface area contributed by atoms with Crippen molar-refractivity contribution in [1.29, 1.82) is 0 Å². The minimum Gasteiger partial charge on any atom is -0.352 e. The third-order valence-electron chi connectivity index (χ3n) is 8.60. The van der Waals surface area contributed by atoms with Crippen LogP contribution in [0, 0.1) is 12.3 Å². The van der Waals surface area contributed by atoms with Gasteiger partial charge in [-0.2, -0.15) is 0 Å². The van der Waals surface area contributed by atoms with Crippen molar-refractivity contribution in [2.45, 2.75) is 24.9 Å². The molecule has 1 saturated heterocycles. The number of hydrogen-bond donors (Lipinski definition) is 0. The van der Waals surface area contributed by atoms with E-state index in [0.29, 0.717) is 32.3 Å². The zero-order valence-corrected chi connectivity index (χ0v) is 23.0. The van der Waals surface area contributed by atoms with Crippen LogP contribution >= 0.6 is 23.2 Å². The molecule has 0 aromatic heterocycles. The van der Waals surface area contributed by atoms with Gasteiger partial charge in [0.25, 0.3) is 0 Å². The number of fused-ring (bicyclic) bond motifs is 5. The number of aryl methyl sites for hydroxylation is 1. The fourth-order valence-electron chi connectivity index (χ4n) is 6.88. The van der Waals surface area contributed by atoms with Crippen LogP contribution in [0.2, 0.25) is 10.0 Å². The van der Waals surface area contributed by atoms with Crippen molar-refractivity contribution >= 4 is 52.3 Å². The van der Waals surface area contributed by atoms with E-state index < -0.39 is 23.4 Å². The highest BCUT2D eigenvalue weighted by Crippen LogP contribution is 2.61. The van der Waals surface area contributed by atoms with Gasteiger partial charge in [0, 0.05) is 38.3 Å². The van der Waals surface area contributed by atoms with Crippen molar-refractivity contribution in [3.05, 3.63) is 140 Å². The number of carbonyl (C=O) groups excluding carboxylic acids is 3. The summed E-state index contributed by atoms with van der Waals surface area (Å²) in [4.78, 5) is 45.8. The third-order valence-corrected chi connectivity index (χ3v) is 9.09. The van der Waals surface area contributed by atoms with E-state index in [1.54, 1.807) is 42.5 Å². The van der Waals surface area contributed by atoms with E-state index >= 15 is 0 Å². The first-order chi connectivity index (χ1) is 19.3. The summed E-state index contributed by atoms with van der Waals surface area (Å²) in [5.41, 5.74) is 3.09. The highest BCUT2D eigenvalue weighted by atomic mass is 35.5. The number of anilines is 1. The Kier molecular flexibility index (Phi) is 5.64. The fraction of sp³-hybridized carbons (Fsp3) is 0.147. The Hall–Kier alpha value is -3.99. The first-order valence-electron chi connectivity index (χ1n) is 13.1. The molecule has 7 rings (SSSR count). The average Bonchev–Trinajstić information content (AvgIpc) is 3.39. The second-order valence-corrected chi connectivity index (χ2v) is 11.6. The Morgan fingerprint density at radius 3 is 2.08 bits per heavy atom. The molecule has 1 fully saturated rings. The van der Waals surface area contributed by atoms with Gasteiger partial charge in [0.1, 0.15) is 11.5 Å². The van der Waals surface area contributed by atoms with Crippen molar-refractivity contribution in [3.63, 3.8) is 0 Å². The molecule has 3 aliphatic rings. The predicted molar refractivity (Wildman–Crippen MR) is 158 cm³/mol. The summed E-state index contributed by atoms with van der Waals surface area (Å²) in [7, 11) is 0. The molecule has 4 aromatic rings. The highest BCUT2D eigenvalue weighted by Gasteiger charge is 2.71. The molecule has 0 bridgehead atoms.